The number of anilines is 2. The lowest BCUT2D eigenvalue weighted by Crippen LogP contribution is -2.32. The number of nitrogens with one attached hydrogen (secondary N) is 1. The van der Waals surface area contributed by atoms with Crippen LogP contribution < -0.4 is 11.1 Å². The summed E-state index contributed by atoms with van der Waals surface area (Å²) in [4.78, 5) is 31.1. The van der Waals surface area contributed by atoms with E-state index in [1.165, 1.54) is 24.3 Å². The molecule has 5 aromatic rings. The Kier molecular flexibility index (Phi) is 5.28. The fraction of sp³-hybridized carbons (Fsp3) is 0.115. The van der Waals surface area contributed by atoms with E-state index in [0.717, 1.165) is 6.07 Å². The number of carbonyl (C=O) groups excluding carboxylic acids is 1. The van der Waals surface area contributed by atoms with Crippen LogP contribution in [0.1, 0.15) is 29.3 Å². The molecule has 0 unspecified atom stereocenters. The zero-order valence-electron chi connectivity index (χ0n) is 19.7. The predicted octanol–water partition coefficient (Wildman–Crippen LogP) is 4.25. The van der Waals surface area contributed by atoms with Gasteiger partial charge in [-0.25, -0.2) is 28.7 Å². The van der Waals surface area contributed by atoms with E-state index < -0.39 is 23.0 Å². The fourth-order valence-electron chi connectivity index (χ4n) is 4.75. The topological polar surface area (TPSA) is 131 Å². The molecular weight excluding hydrogens is 516 g/mol. The largest absolute Gasteiger partial charge is 0.506 e. The van der Waals surface area contributed by atoms with Gasteiger partial charge in [-0.15, -0.1) is 0 Å². The molecule has 0 saturated heterocycles. The van der Waals surface area contributed by atoms with Gasteiger partial charge in [0.25, 0.3) is 0 Å². The van der Waals surface area contributed by atoms with E-state index in [1.807, 2.05) is 0 Å². The van der Waals surface area contributed by atoms with Gasteiger partial charge in [-0.1, -0.05) is 17.7 Å². The van der Waals surface area contributed by atoms with Crippen molar-refractivity contribution in [2.24, 2.45) is 0 Å². The number of aromatic nitrogens is 5. The van der Waals surface area contributed by atoms with E-state index in [9.17, 15) is 18.7 Å². The molecule has 4 N–H and O–H groups in total. The molecule has 12 heteroatoms. The Morgan fingerprint density at radius 3 is 2.63 bits per heavy atom. The molecule has 4 heterocycles. The van der Waals surface area contributed by atoms with E-state index in [0.29, 0.717) is 33.7 Å². The van der Waals surface area contributed by atoms with Crippen molar-refractivity contribution < 1.29 is 18.7 Å². The Labute approximate surface area is 219 Å². The predicted molar refractivity (Wildman–Crippen MR) is 136 cm³/mol. The molecule has 1 aliphatic rings. The number of rotatable bonds is 4. The second-order valence-corrected chi connectivity index (χ2v) is 9.49. The quantitative estimate of drug-likeness (QED) is 0.314. The number of hydrogen-bond acceptors (Lipinski definition) is 7. The molecule has 38 heavy (non-hydrogen) atoms. The first-order valence-electron chi connectivity index (χ1n) is 11.4. The normalized spacial score (nSPS) is 16.6. The lowest BCUT2D eigenvalue weighted by molar-refractivity contribution is -0.119. The molecular formula is C26H18ClF2N7O2. The second kappa shape index (κ2) is 8.45. The van der Waals surface area contributed by atoms with Crippen molar-refractivity contribution in [2.45, 2.75) is 18.8 Å². The van der Waals surface area contributed by atoms with Crippen LogP contribution in [0.3, 0.4) is 0 Å². The van der Waals surface area contributed by atoms with E-state index in [2.05, 4.69) is 25.3 Å². The second-order valence-electron chi connectivity index (χ2n) is 9.09. The highest BCUT2D eigenvalue weighted by Gasteiger charge is 2.47. The minimum Gasteiger partial charge on any atom is -0.506 e. The Morgan fingerprint density at radius 2 is 1.89 bits per heavy atom. The minimum atomic E-state index is -1.28. The molecule has 0 radical (unpaired) electrons. The molecule has 0 saturated carbocycles. The molecule has 190 valence electrons. The summed E-state index contributed by atoms with van der Waals surface area (Å²) in [5.41, 5.74) is 7.53. The summed E-state index contributed by atoms with van der Waals surface area (Å²) in [6.07, 6.45) is 5.00. The van der Waals surface area contributed by atoms with Crippen molar-refractivity contribution in [3.8, 4) is 17.3 Å². The van der Waals surface area contributed by atoms with Gasteiger partial charge in [0.05, 0.1) is 16.3 Å². The monoisotopic (exact) mass is 533 g/mol. The Balaban J connectivity index is 1.46. The number of carbonyl (C=O) groups is 1. The molecule has 2 aromatic carbocycles. The molecule has 0 aliphatic carbocycles. The standard InChI is InChI=1S/C26H18ClF2N7O2/c1-26(13-2-3-16(27)19(37)9-13)20-21(30)33-22(34-23(20)35-25(26)38)18-11-36-5-4-31-24(36)17(32-18)8-12-6-14(28)10-15(29)7-12/h2-7,9-11,37H,8H2,1H3,(H3,30,33,34,35,38)/t26-/m1/s1. The average Bonchev–Trinajstić information content (AvgIpc) is 3.43. The first-order valence-corrected chi connectivity index (χ1v) is 11.8. The zero-order chi connectivity index (χ0) is 26.8. The number of phenolic OH excluding ortho intramolecular Hbond substituents is 1. The van der Waals surface area contributed by atoms with Gasteiger partial charge in [0.2, 0.25) is 5.91 Å². The summed E-state index contributed by atoms with van der Waals surface area (Å²) in [7, 11) is 0. The first kappa shape index (κ1) is 23.7. The highest BCUT2D eigenvalue weighted by molar-refractivity contribution is 6.32. The van der Waals surface area contributed by atoms with Crippen molar-refractivity contribution in [1.82, 2.24) is 24.3 Å². The summed E-state index contributed by atoms with van der Waals surface area (Å²) in [6, 6.07) is 7.77. The third-order valence-corrected chi connectivity index (χ3v) is 6.93. The van der Waals surface area contributed by atoms with Crippen molar-refractivity contribution in [3.63, 3.8) is 0 Å². The van der Waals surface area contributed by atoms with Gasteiger partial charge < -0.3 is 20.6 Å². The number of phenols is 1. The summed E-state index contributed by atoms with van der Waals surface area (Å²) >= 11 is 5.95. The number of nitrogens with two attached hydrogens (primary N) is 1. The van der Waals surface area contributed by atoms with Gasteiger partial charge in [-0.3, -0.25) is 4.79 Å². The molecule has 9 nitrogen and oxygen atoms in total. The van der Waals surface area contributed by atoms with E-state index in [1.54, 1.807) is 36.0 Å². The van der Waals surface area contributed by atoms with Crippen LogP contribution in [0.15, 0.2) is 55.0 Å². The Bertz CT molecular complexity index is 1770. The van der Waals surface area contributed by atoms with Crippen molar-refractivity contribution >= 4 is 34.8 Å². The van der Waals surface area contributed by atoms with E-state index in [4.69, 9.17) is 17.3 Å². The molecule has 0 fully saturated rings. The molecule has 1 aliphatic heterocycles. The van der Waals surface area contributed by atoms with E-state index in [-0.39, 0.29) is 34.7 Å². The number of fused-ring (bicyclic) bond motifs is 2. The number of imidazole rings is 1. The number of amides is 1. The van der Waals surface area contributed by atoms with Crippen LogP contribution in [0.4, 0.5) is 20.4 Å². The van der Waals surface area contributed by atoms with Crippen molar-refractivity contribution in [2.75, 3.05) is 11.1 Å². The molecule has 1 atom stereocenters. The highest BCUT2D eigenvalue weighted by atomic mass is 35.5. The van der Waals surface area contributed by atoms with Gasteiger partial charge in [0.1, 0.15) is 40.1 Å². The first-order chi connectivity index (χ1) is 18.1. The maximum atomic E-state index is 13.8. The third kappa shape index (κ3) is 3.70. The average molecular weight is 534 g/mol. The molecule has 3 aromatic heterocycles. The number of nitrogens with zero attached hydrogens (tertiary/aromatic N) is 5. The van der Waals surface area contributed by atoms with Crippen molar-refractivity contribution in [1.29, 1.82) is 0 Å². The van der Waals surface area contributed by atoms with E-state index >= 15 is 0 Å². The molecule has 6 rings (SSSR count). The number of benzene rings is 2. The highest BCUT2D eigenvalue weighted by Crippen LogP contribution is 2.46. The lowest BCUT2D eigenvalue weighted by atomic mass is 9.77. The number of nitrogen functional groups attached to an aromatic ring is 1. The lowest BCUT2D eigenvalue weighted by Gasteiger charge is -2.23. The van der Waals surface area contributed by atoms with Crippen LogP contribution in [-0.4, -0.2) is 35.4 Å². The maximum absolute atomic E-state index is 13.8. The van der Waals surface area contributed by atoms with Crippen LogP contribution in [-0.2, 0) is 16.6 Å². The summed E-state index contributed by atoms with van der Waals surface area (Å²) < 4.78 is 29.3. The van der Waals surface area contributed by atoms with Crippen LogP contribution >= 0.6 is 11.6 Å². The SMILES string of the molecule is C[C@]1(c2ccc(Cl)c(O)c2)C(=O)Nc2nc(-c3cn4ccnc4c(Cc4cc(F)cc(F)c4)n3)nc(N)c21. The number of hydrogen-bond donors (Lipinski definition) is 3. The van der Waals surface area contributed by atoms with Crippen LogP contribution in [0.2, 0.25) is 5.02 Å². The summed E-state index contributed by atoms with van der Waals surface area (Å²) in [5.74, 6) is -1.59. The van der Waals surface area contributed by atoms with Gasteiger partial charge >= 0.3 is 0 Å². The van der Waals surface area contributed by atoms with Crippen LogP contribution in [0, 0.1) is 11.6 Å². The van der Waals surface area contributed by atoms with Gasteiger partial charge in [-0.05, 0) is 42.3 Å². The Morgan fingerprint density at radius 1 is 1.13 bits per heavy atom. The number of aromatic hydroxyl groups is 1. The van der Waals surface area contributed by atoms with Crippen LogP contribution in [0.5, 0.6) is 5.75 Å². The molecule has 0 bridgehead atoms. The smallest absolute Gasteiger partial charge is 0.240 e. The van der Waals surface area contributed by atoms with Gasteiger partial charge in [0, 0.05) is 31.1 Å². The summed E-state index contributed by atoms with van der Waals surface area (Å²) in [5, 5.41) is 13.0. The number of halogens is 3. The van der Waals surface area contributed by atoms with Crippen LogP contribution in [0.25, 0.3) is 17.2 Å². The minimum absolute atomic E-state index is 0.0431. The third-order valence-electron chi connectivity index (χ3n) is 6.61. The van der Waals surface area contributed by atoms with Crippen molar-refractivity contribution in [3.05, 3.63) is 94.0 Å². The Hall–Kier alpha value is -4.64. The van der Waals surface area contributed by atoms with Gasteiger partial charge in [0.15, 0.2) is 11.5 Å². The summed E-state index contributed by atoms with van der Waals surface area (Å²) in [6.45, 7) is 1.66. The molecule has 1 amide bonds. The zero-order valence-corrected chi connectivity index (χ0v) is 20.5. The fourth-order valence-corrected chi connectivity index (χ4v) is 4.87. The molecule has 0 spiro atoms. The maximum Gasteiger partial charge on any atom is 0.240 e. The van der Waals surface area contributed by atoms with Gasteiger partial charge in [-0.2, -0.15) is 0 Å².